The molecule has 1 aliphatic rings. The number of esters is 1. The number of hydrogen-bond acceptors (Lipinski definition) is 10. The van der Waals surface area contributed by atoms with Gasteiger partial charge >= 0.3 is 12.1 Å². The minimum Gasteiger partial charge on any atom is -0.467 e. The Hall–Kier alpha value is -1.44. The Morgan fingerprint density at radius 3 is 1.73 bits per heavy atom. The Bertz CT molecular complexity index is 882. The van der Waals surface area contributed by atoms with Crippen molar-refractivity contribution in [1.29, 1.82) is 0 Å². The molecule has 3 atom stereocenters. The number of carbonyl (C=O) groups is 2. The summed E-state index contributed by atoms with van der Waals surface area (Å²) in [6.45, 7) is 9.00. The number of ether oxygens (including phenoxy) is 2. The summed E-state index contributed by atoms with van der Waals surface area (Å²) in [7, 11) is -7.27. The molecule has 0 spiro atoms. The maximum atomic E-state index is 13.1. The molecular weight excluding hydrogens is 442 g/mol. The second-order valence-electron chi connectivity index (χ2n) is 9.16. The van der Waals surface area contributed by atoms with Gasteiger partial charge in [-0.2, -0.15) is 16.8 Å². The normalized spacial score (nSPS) is 25.8. The first-order chi connectivity index (χ1) is 13.2. The molecule has 1 unspecified atom stereocenters. The fraction of sp³-hybridized carbons (Fsp3) is 0.882. The number of rotatable bonds is 5. The lowest BCUT2D eigenvalue weighted by Gasteiger charge is -2.47. The van der Waals surface area contributed by atoms with Crippen LogP contribution in [0.2, 0.25) is 0 Å². The molecule has 0 bridgehead atoms. The van der Waals surface area contributed by atoms with Crippen LogP contribution in [0, 0.1) is 5.41 Å². The lowest BCUT2D eigenvalue weighted by Crippen LogP contribution is -2.67. The van der Waals surface area contributed by atoms with Gasteiger partial charge in [0.25, 0.3) is 20.2 Å². The molecule has 1 fully saturated rings. The molecule has 13 heteroatoms. The van der Waals surface area contributed by atoms with E-state index >= 15 is 0 Å². The van der Waals surface area contributed by atoms with Gasteiger partial charge in [0, 0.05) is 0 Å². The van der Waals surface area contributed by atoms with Crippen molar-refractivity contribution in [3.63, 3.8) is 0 Å². The van der Waals surface area contributed by atoms with Crippen molar-refractivity contribution < 1.29 is 44.3 Å². The lowest BCUT2D eigenvalue weighted by molar-refractivity contribution is -0.168. The van der Waals surface area contributed by atoms with Crippen LogP contribution in [0.25, 0.3) is 0 Å². The number of likely N-dealkylation sites (tertiary alicyclic amines) is 1. The Labute approximate surface area is 178 Å². The molecule has 0 aromatic rings. The van der Waals surface area contributed by atoms with Crippen LogP contribution >= 0.6 is 0 Å². The van der Waals surface area contributed by atoms with Crippen molar-refractivity contribution in [2.24, 2.45) is 5.41 Å². The smallest absolute Gasteiger partial charge is 0.411 e. The van der Waals surface area contributed by atoms with Crippen LogP contribution in [-0.4, -0.2) is 83.3 Å². The van der Waals surface area contributed by atoms with E-state index in [-0.39, 0.29) is 0 Å². The summed E-state index contributed by atoms with van der Waals surface area (Å²) in [4.78, 5) is 27.1. The van der Waals surface area contributed by atoms with Gasteiger partial charge in [0.2, 0.25) is 0 Å². The molecule has 30 heavy (non-hydrogen) atoms. The van der Waals surface area contributed by atoms with Crippen molar-refractivity contribution in [3.8, 4) is 0 Å². The molecule has 1 aliphatic heterocycles. The highest BCUT2D eigenvalue weighted by molar-refractivity contribution is 7.86. The third-order valence-electron chi connectivity index (χ3n) is 4.37. The summed E-state index contributed by atoms with van der Waals surface area (Å²) in [6, 6.07) is 0. The summed E-state index contributed by atoms with van der Waals surface area (Å²) >= 11 is 0. The fourth-order valence-corrected chi connectivity index (χ4v) is 4.77. The molecule has 176 valence electrons. The molecule has 0 aromatic carbocycles. The van der Waals surface area contributed by atoms with Crippen LogP contribution in [0.5, 0.6) is 0 Å². The van der Waals surface area contributed by atoms with Gasteiger partial charge in [-0.1, -0.05) is 20.8 Å². The molecule has 1 saturated heterocycles. The van der Waals surface area contributed by atoms with Crippen molar-refractivity contribution in [3.05, 3.63) is 0 Å². The van der Waals surface area contributed by atoms with Crippen LogP contribution in [0.4, 0.5) is 4.79 Å². The molecule has 1 heterocycles. The molecule has 0 aliphatic carbocycles. The van der Waals surface area contributed by atoms with Crippen molar-refractivity contribution in [2.45, 2.75) is 64.9 Å². The second-order valence-corrected chi connectivity index (χ2v) is 12.4. The zero-order valence-corrected chi connectivity index (χ0v) is 20.3. The Kier molecular flexibility index (Phi) is 7.31. The Balaban J connectivity index is 3.84. The van der Waals surface area contributed by atoms with E-state index in [2.05, 4.69) is 0 Å². The predicted molar refractivity (Wildman–Crippen MR) is 107 cm³/mol. The van der Waals surface area contributed by atoms with Gasteiger partial charge in [-0.25, -0.2) is 9.59 Å². The van der Waals surface area contributed by atoms with Gasteiger partial charge < -0.3 is 9.47 Å². The van der Waals surface area contributed by atoms with Gasteiger partial charge in [0.05, 0.1) is 26.2 Å². The highest BCUT2D eigenvalue weighted by Gasteiger charge is 2.70. The zero-order chi connectivity index (χ0) is 23.9. The third-order valence-corrected chi connectivity index (χ3v) is 5.52. The first kappa shape index (κ1) is 26.6. The third kappa shape index (κ3) is 5.83. The maximum Gasteiger partial charge on any atom is 0.411 e. The topological polar surface area (TPSA) is 143 Å². The van der Waals surface area contributed by atoms with Crippen LogP contribution in [0.3, 0.4) is 0 Å². The van der Waals surface area contributed by atoms with E-state index in [1.54, 1.807) is 41.5 Å². The predicted octanol–water partition coefficient (Wildman–Crippen LogP) is 0.885. The number of methoxy groups -OCH3 is 1. The molecule has 11 nitrogen and oxygen atoms in total. The van der Waals surface area contributed by atoms with Gasteiger partial charge in [-0.3, -0.25) is 13.3 Å². The number of carbonyl (C=O) groups excluding carboxylic acids is 2. The highest BCUT2D eigenvalue weighted by atomic mass is 32.2. The molecular formula is C17H31NO10S2. The number of hydrogen-bond donors (Lipinski definition) is 0. The lowest BCUT2D eigenvalue weighted by atomic mass is 9.70. The first-order valence-electron chi connectivity index (χ1n) is 9.01. The van der Waals surface area contributed by atoms with Crippen molar-refractivity contribution >= 4 is 32.3 Å². The van der Waals surface area contributed by atoms with Crippen LogP contribution in [0.15, 0.2) is 0 Å². The van der Waals surface area contributed by atoms with E-state index in [0.717, 1.165) is 24.5 Å². The van der Waals surface area contributed by atoms with Gasteiger partial charge in [0.15, 0.2) is 5.54 Å². The van der Waals surface area contributed by atoms with E-state index in [1.165, 1.54) is 0 Å². The molecule has 1 rings (SSSR count). The Morgan fingerprint density at radius 2 is 1.40 bits per heavy atom. The van der Waals surface area contributed by atoms with Gasteiger partial charge in [0.1, 0.15) is 17.8 Å². The largest absolute Gasteiger partial charge is 0.467 e. The maximum absolute atomic E-state index is 13.1. The average Bonchev–Trinajstić information content (AvgIpc) is 2.76. The van der Waals surface area contributed by atoms with Crippen LogP contribution < -0.4 is 0 Å². The fourth-order valence-electron chi connectivity index (χ4n) is 3.52. The van der Waals surface area contributed by atoms with E-state index < -0.39 is 67.6 Å². The van der Waals surface area contributed by atoms with Crippen molar-refractivity contribution in [2.75, 3.05) is 26.2 Å². The summed E-state index contributed by atoms with van der Waals surface area (Å²) in [5, 5.41) is 0. The van der Waals surface area contributed by atoms with Gasteiger partial charge in [-0.15, -0.1) is 0 Å². The Morgan fingerprint density at radius 1 is 0.933 bits per heavy atom. The summed E-state index contributed by atoms with van der Waals surface area (Å²) in [5.74, 6) is -1.01. The zero-order valence-electron chi connectivity index (χ0n) is 18.7. The standard InChI is InChI=1S/C17H31NO10S2/c1-15(2,3)17(13(19)25-7)12(28-30(9,23)24)11(27-29(8,21)22)10-18(17)14(20)26-16(4,5)6/h11-12H,10H2,1-9H3/t11-,12?,17+/m1/s1. The van der Waals surface area contributed by atoms with E-state index in [0.29, 0.717) is 0 Å². The molecule has 1 amide bonds. The van der Waals surface area contributed by atoms with Gasteiger partial charge in [-0.05, 0) is 26.2 Å². The van der Waals surface area contributed by atoms with E-state index in [4.69, 9.17) is 17.8 Å². The summed E-state index contributed by atoms with van der Waals surface area (Å²) in [5.41, 5.74) is -4.23. The van der Waals surface area contributed by atoms with Crippen LogP contribution in [0.1, 0.15) is 41.5 Å². The van der Waals surface area contributed by atoms with E-state index in [1.807, 2.05) is 0 Å². The highest BCUT2D eigenvalue weighted by Crippen LogP contribution is 2.48. The monoisotopic (exact) mass is 473 g/mol. The minimum absolute atomic E-state index is 0.492. The SMILES string of the molecule is COC(=O)[C@]1(C(C)(C)C)C(OS(C)(=O)=O)[C@H](OS(C)(=O)=O)CN1C(=O)OC(C)(C)C. The molecule has 0 saturated carbocycles. The van der Waals surface area contributed by atoms with E-state index in [9.17, 15) is 26.4 Å². The minimum atomic E-state index is -4.21. The number of nitrogens with zero attached hydrogens (tertiary/aromatic N) is 1. The summed E-state index contributed by atoms with van der Waals surface area (Å²) < 4.78 is 68.2. The van der Waals surface area contributed by atoms with Crippen LogP contribution in [-0.2, 0) is 42.9 Å². The summed E-state index contributed by atoms with van der Waals surface area (Å²) in [6.07, 6.45) is -2.71. The molecule has 0 aromatic heterocycles. The number of amides is 1. The van der Waals surface area contributed by atoms with Crippen molar-refractivity contribution in [1.82, 2.24) is 4.90 Å². The second kappa shape index (κ2) is 8.24. The average molecular weight is 474 g/mol. The molecule has 0 N–H and O–H groups in total. The quantitative estimate of drug-likeness (QED) is 0.417. The first-order valence-corrected chi connectivity index (χ1v) is 12.6. The molecule has 0 radical (unpaired) electrons.